The third-order valence-electron chi connectivity index (χ3n) is 1.53. The summed E-state index contributed by atoms with van der Waals surface area (Å²) in [4.78, 5) is 9.81. The lowest BCUT2D eigenvalue weighted by Gasteiger charge is -2.30. The Kier molecular flexibility index (Phi) is 4.72. The molecule has 0 aliphatic heterocycles. The summed E-state index contributed by atoms with van der Waals surface area (Å²) in [6.45, 7) is 0. The van der Waals surface area contributed by atoms with Gasteiger partial charge < -0.3 is 0 Å². The molecule has 0 aromatic rings. The van der Waals surface area contributed by atoms with Gasteiger partial charge in [0.2, 0.25) is 0 Å². The smallest absolute Gasteiger partial charge is 0.262 e. The van der Waals surface area contributed by atoms with E-state index in [0.29, 0.717) is 0 Å². The maximum absolute atomic E-state index is 12.9. The number of hydrogen-bond donors (Lipinski definition) is 0. The maximum Gasteiger partial charge on any atom is 0.464 e. The molecule has 0 amide bonds. The molecule has 1 atom stereocenters. The van der Waals surface area contributed by atoms with Crippen molar-refractivity contribution in [2.45, 2.75) is 22.6 Å². The summed E-state index contributed by atoms with van der Waals surface area (Å²) in [5, 5.41) is -12.9. The average Bonchev–Trinajstić information content (AvgIpc) is 2.12. The summed E-state index contributed by atoms with van der Waals surface area (Å²) in [5.74, 6) is -6.19. The number of rotatable bonds is 6. The van der Waals surface area contributed by atoms with Crippen molar-refractivity contribution >= 4 is 27.9 Å². The van der Waals surface area contributed by atoms with Crippen LogP contribution in [0.15, 0.2) is 0 Å². The van der Waals surface area contributed by atoms with Crippen molar-refractivity contribution in [2.24, 2.45) is 0 Å². The van der Waals surface area contributed by atoms with E-state index in [1.54, 1.807) is 0 Å². The lowest BCUT2D eigenvalue weighted by atomic mass is 10.3. The number of alkyl halides is 8. The predicted octanol–water partition coefficient (Wildman–Crippen LogP) is 2.48. The second-order valence-electron chi connectivity index (χ2n) is 2.94. The van der Waals surface area contributed by atoms with E-state index < -0.39 is 38.9 Å². The van der Waals surface area contributed by atoms with Gasteiger partial charge in [-0.15, -0.1) is 0 Å². The first-order chi connectivity index (χ1) is 8.40. The Morgan fingerprint density at radius 3 is 1.55 bits per heavy atom. The van der Waals surface area contributed by atoms with Gasteiger partial charge >= 0.3 is 38.9 Å². The number of carbonyl (C=O) groups excluding carboxylic acids is 1. The van der Waals surface area contributed by atoms with Gasteiger partial charge in [0.05, 0.1) is 0 Å². The van der Waals surface area contributed by atoms with Crippen molar-refractivity contribution in [3.63, 3.8) is 0 Å². The molecule has 1 unspecified atom stereocenters. The highest BCUT2D eigenvalue weighted by atomic mass is 35.5. The van der Waals surface area contributed by atoms with Crippen LogP contribution in [-0.4, -0.2) is 37.1 Å². The molecular weight excluding hydrogens is 363 g/mol. The zero-order valence-electron chi connectivity index (χ0n) is 8.32. The fraction of sp³-hybridized carbons (Fsp3) is 0.800. The molecule has 15 heteroatoms. The lowest BCUT2D eigenvalue weighted by Crippen LogP contribution is -2.58. The zero-order chi connectivity index (χ0) is 16.8. The van der Waals surface area contributed by atoms with Crippen LogP contribution in [0.1, 0.15) is 0 Å². The molecule has 20 heavy (non-hydrogen) atoms. The lowest BCUT2D eigenvalue weighted by molar-refractivity contribution is -0.395. The Bertz CT molecular complexity index is 499. The average molecular weight is 363 g/mol. The summed E-state index contributed by atoms with van der Waals surface area (Å²) in [7, 11) is -7.50. The summed E-state index contributed by atoms with van der Waals surface area (Å²) in [6.07, 6.45) is -6.89. The SMILES string of the molecule is O=C(F)C(F)(OC(F)(F)C(F)(F)S(=O)(=O)F)C(F)(F)Cl. The fourth-order valence-electron chi connectivity index (χ4n) is 0.587. The summed E-state index contributed by atoms with van der Waals surface area (Å²) in [5.41, 5.74) is 0. The van der Waals surface area contributed by atoms with Crippen LogP contribution in [0.5, 0.6) is 0 Å². The second-order valence-corrected chi connectivity index (χ2v) is 4.80. The molecule has 0 N–H and O–H groups in total. The maximum atomic E-state index is 12.9. The summed E-state index contributed by atoms with van der Waals surface area (Å²) in [6, 6.07) is -4.09. The van der Waals surface area contributed by atoms with Crippen LogP contribution in [-0.2, 0) is 19.8 Å². The van der Waals surface area contributed by atoms with Crippen molar-refractivity contribution < 1.29 is 57.0 Å². The molecule has 120 valence electrons. The van der Waals surface area contributed by atoms with Crippen LogP contribution < -0.4 is 0 Å². The minimum Gasteiger partial charge on any atom is -0.262 e. The van der Waals surface area contributed by atoms with Gasteiger partial charge in [0.15, 0.2) is 0 Å². The summed E-state index contributed by atoms with van der Waals surface area (Å²) < 4.78 is 132. The van der Waals surface area contributed by atoms with Crippen molar-refractivity contribution in [3.05, 3.63) is 0 Å². The molecule has 0 bridgehead atoms. The Labute approximate surface area is 108 Å². The highest BCUT2D eigenvalue weighted by Crippen LogP contribution is 2.48. The third-order valence-corrected chi connectivity index (χ3v) is 2.62. The highest BCUT2D eigenvalue weighted by Gasteiger charge is 2.76. The van der Waals surface area contributed by atoms with Gasteiger partial charge in [-0.3, -0.25) is 9.53 Å². The van der Waals surface area contributed by atoms with Crippen LogP contribution in [0.25, 0.3) is 0 Å². The molecule has 4 nitrogen and oxygen atoms in total. The quantitative estimate of drug-likeness (QED) is 0.414. The van der Waals surface area contributed by atoms with E-state index in [4.69, 9.17) is 0 Å². The first kappa shape index (κ1) is 19.2. The van der Waals surface area contributed by atoms with Gasteiger partial charge in [0.25, 0.3) is 0 Å². The Morgan fingerprint density at radius 1 is 1.00 bits per heavy atom. The van der Waals surface area contributed by atoms with Crippen LogP contribution in [0.4, 0.5) is 39.0 Å². The van der Waals surface area contributed by atoms with Crippen molar-refractivity contribution in [3.8, 4) is 0 Å². The topological polar surface area (TPSA) is 60.4 Å². The van der Waals surface area contributed by atoms with E-state index in [1.165, 1.54) is 0 Å². The Morgan fingerprint density at radius 2 is 1.35 bits per heavy atom. The molecular formula is C5ClF9O4S. The largest absolute Gasteiger partial charge is 0.464 e. The van der Waals surface area contributed by atoms with Crippen molar-refractivity contribution in [2.75, 3.05) is 0 Å². The van der Waals surface area contributed by atoms with Crippen LogP contribution in [0, 0.1) is 0 Å². The van der Waals surface area contributed by atoms with E-state index in [9.17, 15) is 52.2 Å². The molecule has 0 saturated heterocycles. The van der Waals surface area contributed by atoms with E-state index in [-0.39, 0.29) is 0 Å². The van der Waals surface area contributed by atoms with Crippen molar-refractivity contribution in [1.82, 2.24) is 0 Å². The first-order valence-corrected chi connectivity index (χ1v) is 5.52. The monoisotopic (exact) mass is 362 g/mol. The third kappa shape index (κ3) is 3.11. The van der Waals surface area contributed by atoms with E-state index in [0.717, 1.165) is 0 Å². The van der Waals surface area contributed by atoms with Gasteiger partial charge in [-0.2, -0.15) is 43.5 Å². The minimum absolute atomic E-state index is 1.87. The fourth-order valence-corrected chi connectivity index (χ4v) is 1.03. The van der Waals surface area contributed by atoms with Gasteiger partial charge in [0, 0.05) is 0 Å². The molecule has 0 aliphatic carbocycles. The Balaban J connectivity index is 5.86. The number of halogens is 10. The zero-order valence-corrected chi connectivity index (χ0v) is 9.89. The van der Waals surface area contributed by atoms with E-state index in [2.05, 4.69) is 11.6 Å². The van der Waals surface area contributed by atoms with Crippen LogP contribution >= 0.6 is 11.6 Å². The van der Waals surface area contributed by atoms with Gasteiger partial charge in [-0.1, -0.05) is 3.89 Å². The molecule has 0 rings (SSSR count). The second kappa shape index (κ2) is 4.91. The van der Waals surface area contributed by atoms with Crippen LogP contribution in [0.3, 0.4) is 0 Å². The minimum atomic E-state index is -7.50. The van der Waals surface area contributed by atoms with E-state index >= 15 is 0 Å². The van der Waals surface area contributed by atoms with Gasteiger partial charge in [-0.25, -0.2) is 0 Å². The van der Waals surface area contributed by atoms with Gasteiger partial charge in [0.1, 0.15) is 0 Å². The normalized spacial score (nSPS) is 17.7. The molecule has 0 fully saturated rings. The molecule has 0 aromatic carbocycles. The summed E-state index contributed by atoms with van der Waals surface area (Å²) >= 11 is 3.69. The molecule has 0 radical (unpaired) electrons. The number of carbonyl (C=O) groups is 1. The highest BCUT2D eigenvalue weighted by molar-refractivity contribution is 7.87. The van der Waals surface area contributed by atoms with Gasteiger partial charge in [-0.05, 0) is 11.6 Å². The molecule has 0 aliphatic rings. The standard InChI is InChI=1S/C5ClF9O4S/c6-3(9,10)2(8,1(7)16)19-4(11,12)5(13,14)20(15,17)18. The van der Waals surface area contributed by atoms with E-state index in [1.807, 2.05) is 4.74 Å². The number of ether oxygens (including phenoxy) is 1. The molecule has 0 spiro atoms. The van der Waals surface area contributed by atoms with Crippen LogP contribution in [0.2, 0.25) is 0 Å². The first-order valence-electron chi connectivity index (χ1n) is 3.75. The molecule has 0 aromatic heterocycles. The predicted molar refractivity (Wildman–Crippen MR) is 41.8 cm³/mol. The molecule has 0 saturated carbocycles. The molecule has 0 heterocycles. The van der Waals surface area contributed by atoms with Crippen molar-refractivity contribution in [1.29, 1.82) is 0 Å². The number of hydrogen-bond acceptors (Lipinski definition) is 4. The Hall–Kier alpha value is -0.760.